The van der Waals surface area contributed by atoms with Crippen molar-refractivity contribution in [1.82, 2.24) is 0 Å². The largest absolute Gasteiger partial charge is 0.472 e. The number of rotatable bonds is 69. The lowest BCUT2D eigenvalue weighted by Crippen LogP contribution is -2.30. The number of aliphatic hydroxyl groups is 1. The molecule has 552 valence electrons. The highest BCUT2D eigenvalue weighted by Crippen LogP contribution is 2.45. The van der Waals surface area contributed by atoms with Crippen molar-refractivity contribution in [3.05, 3.63) is 109 Å². The van der Waals surface area contributed by atoms with E-state index < -0.39 is 97.5 Å². The van der Waals surface area contributed by atoms with E-state index in [1.807, 2.05) is 12.2 Å². The average molecular weight is 1390 g/mol. The third kappa shape index (κ3) is 68.3. The van der Waals surface area contributed by atoms with Gasteiger partial charge < -0.3 is 33.8 Å². The molecule has 0 aliphatic heterocycles. The number of aliphatic hydroxyl groups excluding tert-OH is 1. The number of hydrogen-bond acceptors (Lipinski definition) is 15. The Morgan fingerprint density at radius 1 is 0.302 bits per heavy atom. The number of hydrogen-bond donors (Lipinski definition) is 3. The first-order valence-corrected chi connectivity index (χ1v) is 40.1. The van der Waals surface area contributed by atoms with Gasteiger partial charge in [0.2, 0.25) is 0 Å². The molecule has 19 heteroatoms. The summed E-state index contributed by atoms with van der Waals surface area (Å²) in [6, 6.07) is 0. The van der Waals surface area contributed by atoms with Crippen LogP contribution in [0.1, 0.15) is 297 Å². The summed E-state index contributed by atoms with van der Waals surface area (Å²) in [6.07, 6.45) is 72.4. The Bertz CT molecular complexity index is 2250. The van der Waals surface area contributed by atoms with Crippen LogP contribution in [-0.4, -0.2) is 96.7 Å². The minimum absolute atomic E-state index is 0.0654. The van der Waals surface area contributed by atoms with Gasteiger partial charge in [0.15, 0.2) is 12.2 Å². The summed E-state index contributed by atoms with van der Waals surface area (Å²) in [6.45, 7) is 4.56. The fraction of sp³-hybridized carbons (Fsp3) is 0.714. The van der Waals surface area contributed by atoms with Gasteiger partial charge in [-0.25, -0.2) is 9.13 Å². The molecule has 0 rings (SSSR count). The number of carbonyl (C=O) groups is 4. The van der Waals surface area contributed by atoms with Crippen LogP contribution in [0.4, 0.5) is 0 Å². The van der Waals surface area contributed by atoms with Gasteiger partial charge >= 0.3 is 39.5 Å². The van der Waals surface area contributed by atoms with Gasteiger partial charge in [-0.2, -0.15) is 0 Å². The van der Waals surface area contributed by atoms with Gasteiger partial charge in [0.25, 0.3) is 0 Å². The van der Waals surface area contributed by atoms with E-state index in [4.69, 9.17) is 37.0 Å². The van der Waals surface area contributed by atoms with Crippen molar-refractivity contribution in [2.45, 2.75) is 316 Å². The van der Waals surface area contributed by atoms with Crippen molar-refractivity contribution in [2.75, 3.05) is 39.6 Å². The molecule has 5 atom stereocenters. The first kappa shape index (κ1) is 91.7. The van der Waals surface area contributed by atoms with Crippen LogP contribution in [0.2, 0.25) is 0 Å². The summed E-state index contributed by atoms with van der Waals surface area (Å²) in [7, 11) is -9.96. The van der Waals surface area contributed by atoms with Gasteiger partial charge in [-0.05, 0) is 122 Å². The number of unbranched alkanes of at least 4 members (excludes halogenated alkanes) is 25. The predicted molar refractivity (Wildman–Crippen MR) is 390 cm³/mol. The second kappa shape index (κ2) is 69.2. The van der Waals surface area contributed by atoms with Crippen LogP contribution in [0.3, 0.4) is 0 Å². The number of ether oxygens (including phenoxy) is 4. The van der Waals surface area contributed by atoms with Gasteiger partial charge in [-0.15, -0.1) is 0 Å². The Hall–Kier alpha value is -4.28. The van der Waals surface area contributed by atoms with E-state index in [1.165, 1.54) is 57.8 Å². The van der Waals surface area contributed by atoms with E-state index in [0.717, 1.165) is 154 Å². The molecule has 0 amide bonds. The van der Waals surface area contributed by atoms with Gasteiger partial charge in [-0.1, -0.05) is 259 Å². The molecule has 96 heavy (non-hydrogen) atoms. The minimum Gasteiger partial charge on any atom is -0.462 e. The summed E-state index contributed by atoms with van der Waals surface area (Å²) in [4.78, 5) is 72.7. The molecule has 0 bridgehead atoms. The maximum absolute atomic E-state index is 13.1. The molecule has 0 aromatic rings. The minimum atomic E-state index is -4.99. The first-order chi connectivity index (χ1) is 46.7. The summed E-state index contributed by atoms with van der Waals surface area (Å²) in [5, 5.41) is 10.6. The third-order valence-electron chi connectivity index (χ3n) is 15.2. The Labute approximate surface area is 581 Å². The summed E-state index contributed by atoms with van der Waals surface area (Å²) in [5.41, 5.74) is 0. The molecule has 0 radical (unpaired) electrons. The van der Waals surface area contributed by atoms with Crippen LogP contribution >= 0.6 is 15.6 Å². The van der Waals surface area contributed by atoms with E-state index in [-0.39, 0.29) is 25.7 Å². The van der Waals surface area contributed by atoms with Crippen molar-refractivity contribution >= 4 is 39.5 Å². The lowest BCUT2D eigenvalue weighted by Gasteiger charge is -2.21. The van der Waals surface area contributed by atoms with E-state index >= 15 is 0 Å². The molecule has 0 aliphatic carbocycles. The van der Waals surface area contributed by atoms with Crippen molar-refractivity contribution in [3.63, 3.8) is 0 Å². The molecular weight excluding hydrogens is 1260 g/mol. The first-order valence-electron chi connectivity index (χ1n) is 37.1. The molecular formula is C77H132O17P2. The van der Waals surface area contributed by atoms with E-state index in [2.05, 4.69) is 125 Å². The molecule has 0 spiro atoms. The van der Waals surface area contributed by atoms with Crippen molar-refractivity contribution in [3.8, 4) is 0 Å². The summed E-state index contributed by atoms with van der Waals surface area (Å²) in [5.74, 6) is -2.27. The van der Waals surface area contributed by atoms with Crippen LogP contribution in [0.25, 0.3) is 0 Å². The second-order valence-corrected chi connectivity index (χ2v) is 27.4. The number of esters is 4. The predicted octanol–water partition coefficient (Wildman–Crippen LogP) is 21.0. The highest BCUT2D eigenvalue weighted by Gasteiger charge is 2.30. The third-order valence-corrected chi connectivity index (χ3v) is 17.1. The van der Waals surface area contributed by atoms with Gasteiger partial charge in [0.1, 0.15) is 19.3 Å². The highest BCUT2D eigenvalue weighted by atomic mass is 31.2. The number of phosphoric ester groups is 2. The van der Waals surface area contributed by atoms with E-state index in [9.17, 15) is 43.2 Å². The topological polar surface area (TPSA) is 237 Å². The van der Waals surface area contributed by atoms with Crippen molar-refractivity contribution < 1.29 is 80.2 Å². The Balaban J connectivity index is 5.40. The fourth-order valence-electron chi connectivity index (χ4n) is 9.56. The summed E-state index contributed by atoms with van der Waals surface area (Å²) < 4.78 is 68.3. The molecule has 0 aliphatic rings. The maximum atomic E-state index is 13.1. The molecule has 3 N–H and O–H groups in total. The SMILES string of the molecule is CC/C=C\C/C=C\C/C=C\C/C=C\C/C=C\CCCC(=O)OCC(COP(=O)(O)OCC(O)COP(=O)(O)OCC(COC(=O)CCCCCCC/C=C\C/C=C\CCC)OC(=O)CCCCCCCCCCCCC)OC(=O)CCCCCCC/C=C\C/C=C\CCCCC. The van der Waals surface area contributed by atoms with Crippen LogP contribution in [-0.2, 0) is 65.4 Å². The van der Waals surface area contributed by atoms with Crippen LogP contribution in [0.15, 0.2) is 109 Å². The highest BCUT2D eigenvalue weighted by molar-refractivity contribution is 7.47. The average Bonchev–Trinajstić information content (AvgIpc) is 2.18. The quantitative estimate of drug-likeness (QED) is 0.0169. The Morgan fingerprint density at radius 2 is 0.573 bits per heavy atom. The normalized spacial score (nSPS) is 14.6. The molecule has 5 unspecified atom stereocenters. The molecule has 0 heterocycles. The molecule has 0 aromatic carbocycles. The zero-order chi connectivity index (χ0) is 70.4. The van der Waals surface area contributed by atoms with E-state index in [0.29, 0.717) is 32.1 Å². The molecule has 17 nitrogen and oxygen atoms in total. The maximum Gasteiger partial charge on any atom is 0.472 e. The molecule has 0 saturated heterocycles. The fourth-order valence-corrected chi connectivity index (χ4v) is 11.1. The molecule has 0 aromatic heterocycles. The lowest BCUT2D eigenvalue weighted by molar-refractivity contribution is -0.161. The van der Waals surface area contributed by atoms with Gasteiger partial charge in [0.05, 0.1) is 26.4 Å². The zero-order valence-electron chi connectivity index (χ0n) is 60.0. The zero-order valence-corrected chi connectivity index (χ0v) is 61.8. The standard InChI is InChI=1S/C77H132O17P2/c1-5-9-13-17-21-25-29-32-34-35-37-39-43-46-50-54-58-62-75(80)88-68-73(94-77(82)64-60-56-52-48-44-40-36-33-30-26-22-18-14-10-6-2)70-92-96(85,86)90-66-71(78)65-89-95(83,84)91-69-72(93-76(81)63-59-55-51-47-41-28-24-20-16-12-8-4)67-87-74(79)61-57-53-49-45-42-38-31-27-23-19-15-11-7-3/h9,13,15,19,21-22,25-27,31-34,36-37,39,46,50,71-73,78H,5-8,10-12,14,16-18,20,23-24,28-30,35,38,40-45,47-49,51-70H2,1-4H3,(H,83,84)(H,85,86)/b13-9-,19-15-,25-21-,26-22-,31-27-,34-32-,36-33-,39-37-,50-46-. The number of allylic oxidation sites excluding steroid dienone is 18. The van der Waals surface area contributed by atoms with Crippen molar-refractivity contribution in [2.24, 2.45) is 0 Å². The monoisotopic (exact) mass is 1390 g/mol. The van der Waals surface area contributed by atoms with Crippen LogP contribution in [0, 0.1) is 0 Å². The van der Waals surface area contributed by atoms with Crippen LogP contribution in [0.5, 0.6) is 0 Å². The summed E-state index contributed by atoms with van der Waals surface area (Å²) >= 11 is 0. The van der Waals surface area contributed by atoms with Crippen LogP contribution < -0.4 is 0 Å². The number of carbonyl (C=O) groups excluding carboxylic acids is 4. The number of phosphoric acid groups is 2. The van der Waals surface area contributed by atoms with Gasteiger partial charge in [-0.3, -0.25) is 37.3 Å². The Kier molecular flexibility index (Phi) is 66.1. The van der Waals surface area contributed by atoms with E-state index in [1.54, 1.807) is 0 Å². The molecule has 0 saturated carbocycles. The lowest BCUT2D eigenvalue weighted by atomic mass is 10.1. The second-order valence-electron chi connectivity index (χ2n) is 24.5. The van der Waals surface area contributed by atoms with Gasteiger partial charge in [0, 0.05) is 25.7 Å². The molecule has 0 fully saturated rings. The van der Waals surface area contributed by atoms with Crippen molar-refractivity contribution in [1.29, 1.82) is 0 Å². The Morgan fingerprint density at radius 3 is 0.938 bits per heavy atom. The smallest absolute Gasteiger partial charge is 0.462 e.